The molecule has 0 atom stereocenters. The number of fused-ring (bicyclic) bond motifs is 1. The molecule has 172 valence electrons. The van der Waals surface area contributed by atoms with E-state index in [0.29, 0.717) is 12.2 Å². The molecular formula is C26H37N5O. The van der Waals surface area contributed by atoms with Crippen molar-refractivity contribution in [2.75, 3.05) is 37.6 Å². The van der Waals surface area contributed by atoms with Gasteiger partial charge in [-0.2, -0.15) is 5.10 Å². The molecule has 3 heterocycles. The largest absolute Gasteiger partial charge is 0.369 e. The Bertz CT molecular complexity index is 996. The fraction of sp³-hybridized carbons (Fsp3) is 0.615. The average Bonchev–Trinajstić information content (AvgIpc) is 3.42. The number of carbonyl (C=O) groups excluding carboxylic acids is 1. The molecule has 2 fully saturated rings. The number of piperazine rings is 1. The molecule has 1 saturated heterocycles. The van der Waals surface area contributed by atoms with E-state index in [1.807, 2.05) is 24.9 Å². The highest BCUT2D eigenvalue weighted by Gasteiger charge is 2.35. The molecule has 2 aliphatic heterocycles. The molecule has 0 radical (unpaired) electrons. The lowest BCUT2D eigenvalue weighted by Crippen LogP contribution is -2.50. The number of benzene rings is 1. The van der Waals surface area contributed by atoms with Gasteiger partial charge in [-0.05, 0) is 49.1 Å². The predicted molar refractivity (Wildman–Crippen MR) is 128 cm³/mol. The molecule has 0 unspecified atom stereocenters. The van der Waals surface area contributed by atoms with Gasteiger partial charge in [-0.3, -0.25) is 14.4 Å². The van der Waals surface area contributed by atoms with Crippen LogP contribution in [0.25, 0.3) is 0 Å². The Kier molecular flexibility index (Phi) is 5.52. The van der Waals surface area contributed by atoms with Crippen molar-refractivity contribution in [3.63, 3.8) is 0 Å². The number of aromatic nitrogens is 2. The molecule has 1 aromatic heterocycles. The van der Waals surface area contributed by atoms with E-state index in [1.165, 1.54) is 42.5 Å². The number of rotatable bonds is 3. The van der Waals surface area contributed by atoms with Gasteiger partial charge in [0.15, 0.2) is 0 Å². The first-order valence-corrected chi connectivity index (χ1v) is 12.2. The maximum atomic E-state index is 13.3. The zero-order valence-electron chi connectivity index (χ0n) is 20.1. The summed E-state index contributed by atoms with van der Waals surface area (Å²) in [7, 11) is 1.85. The molecule has 3 aliphatic rings. The molecule has 1 saturated carbocycles. The van der Waals surface area contributed by atoms with Crippen LogP contribution in [0.5, 0.6) is 0 Å². The van der Waals surface area contributed by atoms with E-state index in [9.17, 15) is 4.79 Å². The minimum Gasteiger partial charge on any atom is -0.369 e. The minimum atomic E-state index is -0.0728. The van der Waals surface area contributed by atoms with Crippen LogP contribution in [0.4, 0.5) is 5.69 Å². The van der Waals surface area contributed by atoms with Gasteiger partial charge < -0.3 is 9.80 Å². The van der Waals surface area contributed by atoms with Crippen molar-refractivity contribution in [2.24, 2.45) is 7.05 Å². The first-order chi connectivity index (χ1) is 15.3. The standard InChI is InChI=1S/C26H37N5O/c1-19-15-24(28(4)27-19)25(32)31-17-20-16-22(9-10-23(20)26(2,3)18-31)30-13-11-29(12-14-30)21-7-5-6-8-21/h9-10,15-16,21H,5-8,11-14,17-18H2,1-4H3. The third-order valence-corrected chi connectivity index (χ3v) is 7.79. The zero-order valence-corrected chi connectivity index (χ0v) is 20.1. The van der Waals surface area contributed by atoms with Crippen LogP contribution in [0.3, 0.4) is 0 Å². The Balaban J connectivity index is 1.34. The van der Waals surface area contributed by atoms with E-state index in [2.05, 4.69) is 46.9 Å². The summed E-state index contributed by atoms with van der Waals surface area (Å²) in [5.41, 5.74) is 5.43. The van der Waals surface area contributed by atoms with Crippen LogP contribution in [0, 0.1) is 6.92 Å². The van der Waals surface area contributed by atoms with E-state index in [4.69, 9.17) is 0 Å². The monoisotopic (exact) mass is 435 g/mol. The van der Waals surface area contributed by atoms with Gasteiger partial charge in [0, 0.05) is 63.5 Å². The topological polar surface area (TPSA) is 44.6 Å². The lowest BCUT2D eigenvalue weighted by Gasteiger charge is -2.42. The van der Waals surface area contributed by atoms with Crippen LogP contribution in [-0.4, -0.2) is 64.3 Å². The minimum absolute atomic E-state index is 0.0717. The molecule has 5 rings (SSSR count). The third kappa shape index (κ3) is 3.94. The summed E-state index contributed by atoms with van der Waals surface area (Å²) >= 11 is 0. The van der Waals surface area contributed by atoms with Crippen LogP contribution < -0.4 is 4.90 Å². The van der Waals surface area contributed by atoms with Crippen LogP contribution in [0.1, 0.15) is 66.8 Å². The Hall–Kier alpha value is -2.34. The van der Waals surface area contributed by atoms with Gasteiger partial charge in [0.05, 0.1) is 5.69 Å². The van der Waals surface area contributed by atoms with Gasteiger partial charge in [0.25, 0.3) is 5.91 Å². The second-order valence-electron chi connectivity index (χ2n) is 10.6. The van der Waals surface area contributed by atoms with Crippen LogP contribution in [0.2, 0.25) is 0 Å². The summed E-state index contributed by atoms with van der Waals surface area (Å²) < 4.78 is 1.71. The number of anilines is 1. The van der Waals surface area contributed by atoms with Crippen molar-refractivity contribution < 1.29 is 4.79 Å². The van der Waals surface area contributed by atoms with Crippen molar-refractivity contribution in [2.45, 2.75) is 64.5 Å². The highest BCUT2D eigenvalue weighted by atomic mass is 16.2. The van der Waals surface area contributed by atoms with Crippen LogP contribution in [-0.2, 0) is 19.0 Å². The summed E-state index contributed by atoms with van der Waals surface area (Å²) in [6.07, 6.45) is 5.57. The maximum Gasteiger partial charge on any atom is 0.272 e. The van der Waals surface area contributed by atoms with Gasteiger partial charge in [-0.25, -0.2) is 0 Å². The molecule has 6 nitrogen and oxygen atoms in total. The van der Waals surface area contributed by atoms with E-state index in [-0.39, 0.29) is 11.3 Å². The van der Waals surface area contributed by atoms with Crippen molar-refractivity contribution in [1.82, 2.24) is 19.6 Å². The molecule has 1 aliphatic carbocycles. The number of hydrogen-bond donors (Lipinski definition) is 0. The van der Waals surface area contributed by atoms with Gasteiger partial charge in [0.1, 0.15) is 5.69 Å². The van der Waals surface area contributed by atoms with Gasteiger partial charge in [-0.15, -0.1) is 0 Å². The summed E-state index contributed by atoms with van der Waals surface area (Å²) in [6, 6.07) is 9.66. The molecule has 2 aromatic rings. The first kappa shape index (κ1) is 21.5. The zero-order chi connectivity index (χ0) is 22.5. The maximum absolute atomic E-state index is 13.3. The SMILES string of the molecule is Cc1cc(C(=O)N2Cc3cc(N4CCN(C5CCCC5)CC4)ccc3C(C)(C)C2)n(C)n1. The average molecular weight is 436 g/mol. The first-order valence-electron chi connectivity index (χ1n) is 12.2. The Morgan fingerprint density at radius 1 is 1.06 bits per heavy atom. The number of amides is 1. The summed E-state index contributed by atoms with van der Waals surface area (Å²) in [6.45, 7) is 12.3. The molecule has 1 amide bonds. The normalized spacial score (nSPS) is 21.8. The van der Waals surface area contributed by atoms with Gasteiger partial charge in [-0.1, -0.05) is 32.8 Å². The fourth-order valence-electron chi connectivity index (χ4n) is 6.12. The van der Waals surface area contributed by atoms with Crippen LogP contribution >= 0.6 is 0 Å². The lowest BCUT2D eigenvalue weighted by molar-refractivity contribution is 0.0675. The molecular weight excluding hydrogens is 398 g/mol. The Morgan fingerprint density at radius 3 is 2.44 bits per heavy atom. The second kappa shape index (κ2) is 8.22. The molecule has 32 heavy (non-hydrogen) atoms. The van der Waals surface area contributed by atoms with Crippen molar-refractivity contribution >= 4 is 11.6 Å². The highest BCUT2D eigenvalue weighted by Crippen LogP contribution is 2.36. The molecule has 1 aromatic carbocycles. The van der Waals surface area contributed by atoms with Crippen molar-refractivity contribution in [3.05, 3.63) is 46.8 Å². The molecule has 0 spiro atoms. The molecule has 6 heteroatoms. The molecule has 0 bridgehead atoms. The third-order valence-electron chi connectivity index (χ3n) is 7.79. The Morgan fingerprint density at radius 2 is 1.78 bits per heavy atom. The summed E-state index contributed by atoms with van der Waals surface area (Å²) in [5.74, 6) is 0.0717. The fourth-order valence-corrected chi connectivity index (χ4v) is 6.12. The Labute approximate surface area is 192 Å². The van der Waals surface area contributed by atoms with Crippen LogP contribution in [0.15, 0.2) is 24.3 Å². The molecule has 0 N–H and O–H groups in total. The van der Waals surface area contributed by atoms with Gasteiger partial charge in [0.2, 0.25) is 0 Å². The van der Waals surface area contributed by atoms with E-state index < -0.39 is 0 Å². The van der Waals surface area contributed by atoms with Crippen molar-refractivity contribution in [3.8, 4) is 0 Å². The van der Waals surface area contributed by atoms with Gasteiger partial charge >= 0.3 is 0 Å². The van der Waals surface area contributed by atoms with Crippen molar-refractivity contribution in [1.29, 1.82) is 0 Å². The summed E-state index contributed by atoms with van der Waals surface area (Å²) in [4.78, 5) is 20.6. The number of aryl methyl sites for hydroxylation is 2. The highest BCUT2D eigenvalue weighted by molar-refractivity contribution is 5.93. The summed E-state index contributed by atoms with van der Waals surface area (Å²) in [5, 5.41) is 4.38. The number of hydrogen-bond acceptors (Lipinski definition) is 4. The van der Waals surface area contributed by atoms with E-state index in [0.717, 1.165) is 44.5 Å². The van der Waals surface area contributed by atoms with E-state index in [1.54, 1.807) is 4.68 Å². The smallest absolute Gasteiger partial charge is 0.272 e. The lowest BCUT2D eigenvalue weighted by atomic mass is 9.78. The number of nitrogens with zero attached hydrogens (tertiary/aromatic N) is 5. The quantitative estimate of drug-likeness (QED) is 0.737. The number of carbonyl (C=O) groups is 1. The van der Waals surface area contributed by atoms with E-state index >= 15 is 0 Å². The second-order valence-corrected chi connectivity index (χ2v) is 10.6. The predicted octanol–water partition coefficient (Wildman–Crippen LogP) is 3.73.